The lowest BCUT2D eigenvalue weighted by molar-refractivity contribution is -0.165. The number of ether oxygens (including phenoxy) is 2. The molecule has 1 atom stereocenters. The molecule has 0 aliphatic carbocycles. The summed E-state index contributed by atoms with van der Waals surface area (Å²) in [6.45, 7) is 2.24. The van der Waals surface area contributed by atoms with Gasteiger partial charge in [-0.3, -0.25) is 9.59 Å². The fourth-order valence-electron chi connectivity index (χ4n) is 4.21. The van der Waals surface area contributed by atoms with Crippen LogP contribution in [0.1, 0.15) is 18.4 Å². The first-order valence-corrected chi connectivity index (χ1v) is 12.3. The van der Waals surface area contributed by atoms with Gasteiger partial charge in [0.1, 0.15) is 18.0 Å². The number of nitrogens with zero attached hydrogens (tertiary/aromatic N) is 4. The highest BCUT2D eigenvalue weighted by molar-refractivity contribution is 6.30. The van der Waals surface area contributed by atoms with E-state index in [2.05, 4.69) is 4.98 Å². The van der Waals surface area contributed by atoms with Crippen molar-refractivity contribution in [3.8, 4) is 5.75 Å². The fourth-order valence-corrected chi connectivity index (χ4v) is 4.33. The van der Waals surface area contributed by atoms with E-state index in [1.807, 2.05) is 41.1 Å². The monoisotopic (exact) mass is 510 g/mol. The first kappa shape index (κ1) is 25.7. The molecule has 1 aliphatic rings. The number of morpholine rings is 1. The van der Waals surface area contributed by atoms with Crippen LogP contribution in [0.3, 0.4) is 0 Å². The van der Waals surface area contributed by atoms with Gasteiger partial charge in [0.25, 0.3) is 0 Å². The standard InChI is InChI=1S/C27H31ClN4O4/c1-30(18-22-5-3-2-4-6-22)26(34)17-27(20-35-24-9-7-23(28)8-10-24)19-32(15-16-36-27)25(33)11-13-31-14-12-29-21-31/h2-10,12,14,21H,11,13,15-20H2,1H3/t27-/m1/s1. The Morgan fingerprint density at radius 1 is 1.17 bits per heavy atom. The summed E-state index contributed by atoms with van der Waals surface area (Å²) < 4.78 is 14.1. The van der Waals surface area contributed by atoms with E-state index in [1.165, 1.54) is 0 Å². The summed E-state index contributed by atoms with van der Waals surface area (Å²) in [5.41, 5.74) is 0.0746. The van der Waals surface area contributed by atoms with Crippen molar-refractivity contribution in [2.45, 2.75) is 31.5 Å². The van der Waals surface area contributed by atoms with E-state index in [9.17, 15) is 9.59 Å². The van der Waals surface area contributed by atoms with Gasteiger partial charge in [-0.2, -0.15) is 0 Å². The van der Waals surface area contributed by atoms with Crippen LogP contribution in [0.15, 0.2) is 73.3 Å². The zero-order valence-corrected chi connectivity index (χ0v) is 21.1. The van der Waals surface area contributed by atoms with Crippen LogP contribution in [0.4, 0.5) is 0 Å². The highest BCUT2D eigenvalue weighted by Crippen LogP contribution is 2.26. The summed E-state index contributed by atoms with van der Waals surface area (Å²) in [6.07, 6.45) is 5.65. The van der Waals surface area contributed by atoms with Crippen molar-refractivity contribution in [2.75, 3.05) is 33.4 Å². The summed E-state index contributed by atoms with van der Waals surface area (Å²) in [5.74, 6) is 0.551. The van der Waals surface area contributed by atoms with Crippen molar-refractivity contribution in [1.29, 1.82) is 0 Å². The van der Waals surface area contributed by atoms with Gasteiger partial charge in [0.15, 0.2) is 0 Å². The van der Waals surface area contributed by atoms with E-state index in [1.54, 1.807) is 53.6 Å². The Morgan fingerprint density at radius 3 is 2.67 bits per heavy atom. The second-order valence-corrected chi connectivity index (χ2v) is 9.49. The SMILES string of the molecule is CN(Cc1ccccc1)C(=O)C[C@]1(COc2ccc(Cl)cc2)CN(C(=O)CCn2ccnc2)CCO1. The number of rotatable bonds is 10. The molecule has 190 valence electrons. The summed E-state index contributed by atoms with van der Waals surface area (Å²) in [4.78, 5) is 33.8. The molecule has 9 heteroatoms. The smallest absolute Gasteiger partial charge is 0.225 e. The van der Waals surface area contributed by atoms with Crippen molar-refractivity contribution < 1.29 is 19.1 Å². The number of aryl methyl sites for hydroxylation is 1. The molecule has 4 rings (SSSR count). The zero-order valence-electron chi connectivity index (χ0n) is 20.4. The largest absolute Gasteiger partial charge is 0.490 e. The molecule has 2 amide bonds. The Kier molecular flexibility index (Phi) is 8.61. The molecule has 0 radical (unpaired) electrons. The predicted octanol–water partition coefficient (Wildman–Crippen LogP) is 3.65. The van der Waals surface area contributed by atoms with Crippen molar-refractivity contribution in [3.05, 3.63) is 83.9 Å². The lowest BCUT2D eigenvalue weighted by Gasteiger charge is -2.42. The van der Waals surface area contributed by atoms with E-state index in [-0.39, 0.29) is 31.4 Å². The average Bonchev–Trinajstić information content (AvgIpc) is 3.41. The van der Waals surface area contributed by atoms with Crippen molar-refractivity contribution in [1.82, 2.24) is 19.4 Å². The Hall–Kier alpha value is -3.36. The Labute approximate surface area is 216 Å². The van der Waals surface area contributed by atoms with Crippen LogP contribution in [0.5, 0.6) is 5.75 Å². The summed E-state index contributed by atoms with van der Waals surface area (Å²) in [7, 11) is 1.78. The average molecular weight is 511 g/mol. The molecule has 0 N–H and O–H groups in total. The van der Waals surface area contributed by atoms with Gasteiger partial charge >= 0.3 is 0 Å². The van der Waals surface area contributed by atoms with Gasteiger partial charge in [0.2, 0.25) is 11.8 Å². The van der Waals surface area contributed by atoms with Crippen LogP contribution in [0, 0.1) is 0 Å². The molecule has 2 aromatic carbocycles. The normalized spacial score (nSPS) is 17.6. The molecule has 0 saturated carbocycles. The van der Waals surface area contributed by atoms with E-state index in [4.69, 9.17) is 21.1 Å². The van der Waals surface area contributed by atoms with Gasteiger partial charge in [-0.1, -0.05) is 41.9 Å². The van der Waals surface area contributed by atoms with Crippen LogP contribution >= 0.6 is 11.6 Å². The minimum absolute atomic E-state index is 0.00737. The number of aromatic nitrogens is 2. The summed E-state index contributed by atoms with van der Waals surface area (Å²) in [5, 5.41) is 0.610. The van der Waals surface area contributed by atoms with Crippen LogP contribution in [-0.2, 0) is 27.4 Å². The molecular formula is C27H31ClN4O4. The minimum atomic E-state index is -0.968. The Morgan fingerprint density at radius 2 is 1.94 bits per heavy atom. The minimum Gasteiger partial charge on any atom is -0.490 e. The first-order valence-electron chi connectivity index (χ1n) is 12.0. The quantitative estimate of drug-likeness (QED) is 0.416. The number of carbonyl (C=O) groups is 2. The lowest BCUT2D eigenvalue weighted by atomic mass is 9.96. The number of imidazole rings is 1. The molecule has 2 heterocycles. The van der Waals surface area contributed by atoms with Crippen LogP contribution < -0.4 is 4.74 Å². The van der Waals surface area contributed by atoms with E-state index in [0.717, 1.165) is 5.56 Å². The third kappa shape index (κ3) is 7.08. The van der Waals surface area contributed by atoms with Crippen LogP contribution in [0.25, 0.3) is 0 Å². The van der Waals surface area contributed by atoms with E-state index >= 15 is 0 Å². The molecule has 0 unspecified atom stereocenters. The molecule has 1 saturated heterocycles. The van der Waals surface area contributed by atoms with Gasteiger partial charge in [0, 0.05) is 50.5 Å². The molecule has 1 aliphatic heterocycles. The molecular weight excluding hydrogens is 480 g/mol. The maximum absolute atomic E-state index is 13.3. The number of hydrogen-bond donors (Lipinski definition) is 0. The van der Waals surface area contributed by atoms with Crippen LogP contribution in [0.2, 0.25) is 5.02 Å². The number of amides is 2. The molecule has 8 nitrogen and oxygen atoms in total. The van der Waals surface area contributed by atoms with Gasteiger partial charge in [-0.15, -0.1) is 0 Å². The molecule has 0 spiro atoms. The summed E-state index contributed by atoms with van der Waals surface area (Å²) >= 11 is 6.00. The second kappa shape index (κ2) is 12.1. The van der Waals surface area contributed by atoms with E-state index < -0.39 is 5.60 Å². The highest BCUT2D eigenvalue weighted by Gasteiger charge is 2.42. The van der Waals surface area contributed by atoms with E-state index in [0.29, 0.717) is 43.4 Å². The van der Waals surface area contributed by atoms with Crippen molar-refractivity contribution in [3.63, 3.8) is 0 Å². The first-order chi connectivity index (χ1) is 17.4. The Bertz CT molecular complexity index is 1120. The number of hydrogen-bond acceptors (Lipinski definition) is 5. The molecule has 1 aromatic heterocycles. The maximum Gasteiger partial charge on any atom is 0.225 e. The van der Waals surface area contributed by atoms with Crippen LogP contribution in [-0.4, -0.2) is 70.1 Å². The molecule has 3 aromatic rings. The van der Waals surface area contributed by atoms with Crippen molar-refractivity contribution >= 4 is 23.4 Å². The second-order valence-electron chi connectivity index (χ2n) is 9.05. The molecule has 0 bridgehead atoms. The maximum atomic E-state index is 13.3. The van der Waals surface area contributed by atoms with Gasteiger partial charge in [0.05, 0.1) is 25.9 Å². The molecule has 1 fully saturated rings. The number of halogens is 1. The number of carbonyl (C=O) groups excluding carboxylic acids is 2. The van der Waals surface area contributed by atoms with Gasteiger partial charge < -0.3 is 23.8 Å². The zero-order chi connectivity index (χ0) is 25.4. The number of benzene rings is 2. The fraction of sp³-hybridized carbons (Fsp3) is 0.370. The van der Waals surface area contributed by atoms with Crippen molar-refractivity contribution in [2.24, 2.45) is 0 Å². The third-order valence-corrected chi connectivity index (χ3v) is 6.47. The lowest BCUT2D eigenvalue weighted by Crippen LogP contribution is -2.58. The predicted molar refractivity (Wildman–Crippen MR) is 137 cm³/mol. The summed E-state index contributed by atoms with van der Waals surface area (Å²) in [6, 6.07) is 16.9. The van der Waals surface area contributed by atoms with Gasteiger partial charge in [-0.05, 0) is 29.8 Å². The van der Waals surface area contributed by atoms with Gasteiger partial charge in [-0.25, -0.2) is 4.98 Å². The third-order valence-electron chi connectivity index (χ3n) is 6.22. The topological polar surface area (TPSA) is 76.9 Å². The highest BCUT2D eigenvalue weighted by atomic mass is 35.5. The molecule has 36 heavy (non-hydrogen) atoms. The Balaban J connectivity index is 1.45.